The van der Waals surface area contributed by atoms with Crippen LogP contribution in [0.4, 0.5) is 0 Å². The zero-order valence-corrected chi connectivity index (χ0v) is 18.4. The first-order valence-electron chi connectivity index (χ1n) is 10.1. The predicted molar refractivity (Wildman–Crippen MR) is 121 cm³/mol. The Morgan fingerprint density at radius 1 is 0.879 bits per heavy atom. The number of allylic oxidation sites excluding steroid dienone is 1. The molecule has 1 aliphatic heterocycles. The number of ether oxygens (including phenoxy) is 5. The van der Waals surface area contributed by atoms with E-state index in [1.807, 2.05) is 30.3 Å². The number of ketones is 1. The molecule has 0 spiro atoms. The Morgan fingerprint density at radius 2 is 1.58 bits per heavy atom. The van der Waals surface area contributed by atoms with Crippen LogP contribution >= 0.6 is 0 Å². The van der Waals surface area contributed by atoms with Crippen molar-refractivity contribution < 1.29 is 33.3 Å². The van der Waals surface area contributed by atoms with E-state index in [2.05, 4.69) is 0 Å². The minimum Gasteiger partial charge on any atom is -0.496 e. The molecule has 1 aliphatic rings. The Balaban J connectivity index is 1.55. The molecule has 0 unspecified atom stereocenters. The first-order valence-corrected chi connectivity index (χ1v) is 10.1. The molecule has 0 aliphatic carbocycles. The van der Waals surface area contributed by atoms with Gasteiger partial charge in [-0.2, -0.15) is 0 Å². The van der Waals surface area contributed by atoms with Gasteiger partial charge in [-0.1, -0.05) is 30.3 Å². The molecule has 4 rings (SSSR count). The van der Waals surface area contributed by atoms with E-state index in [0.717, 1.165) is 5.56 Å². The van der Waals surface area contributed by atoms with Crippen molar-refractivity contribution in [3.8, 4) is 28.7 Å². The summed E-state index contributed by atoms with van der Waals surface area (Å²) < 4.78 is 27.3. The van der Waals surface area contributed by atoms with Crippen LogP contribution in [-0.2, 0) is 11.2 Å². The van der Waals surface area contributed by atoms with Gasteiger partial charge in [-0.05, 0) is 29.8 Å². The highest BCUT2D eigenvalue weighted by Crippen LogP contribution is 2.39. The molecule has 0 aromatic heterocycles. The number of carbonyl (C=O) groups is 2. The predicted octanol–water partition coefficient (Wildman–Crippen LogP) is 4.48. The molecule has 1 heterocycles. The summed E-state index contributed by atoms with van der Waals surface area (Å²) in [5.41, 5.74) is 1.81. The van der Waals surface area contributed by atoms with Gasteiger partial charge >= 0.3 is 5.97 Å². The van der Waals surface area contributed by atoms with Crippen molar-refractivity contribution in [2.75, 3.05) is 21.3 Å². The van der Waals surface area contributed by atoms with Crippen LogP contribution in [0.5, 0.6) is 28.7 Å². The van der Waals surface area contributed by atoms with E-state index in [4.69, 9.17) is 23.7 Å². The molecule has 7 nitrogen and oxygen atoms in total. The third-order valence-corrected chi connectivity index (χ3v) is 5.09. The number of hydrogen-bond donors (Lipinski definition) is 0. The average molecular weight is 446 g/mol. The van der Waals surface area contributed by atoms with Crippen molar-refractivity contribution in [3.05, 3.63) is 83.1 Å². The Bertz CT molecular complexity index is 1230. The van der Waals surface area contributed by atoms with Crippen LogP contribution in [0.3, 0.4) is 0 Å². The summed E-state index contributed by atoms with van der Waals surface area (Å²) in [7, 11) is 4.57. The molecule has 0 saturated carbocycles. The lowest BCUT2D eigenvalue weighted by Crippen LogP contribution is -2.11. The van der Waals surface area contributed by atoms with E-state index in [9.17, 15) is 9.59 Å². The SMILES string of the molecule is COc1cc(OC)c(OC)cc1/C=C1\Oc2cc(OC(=O)Cc3ccccc3)ccc2C1=O. The highest BCUT2D eigenvalue weighted by molar-refractivity contribution is 6.14. The second-order valence-electron chi connectivity index (χ2n) is 7.18. The van der Waals surface area contributed by atoms with Crippen LogP contribution in [0.15, 0.2) is 66.4 Å². The van der Waals surface area contributed by atoms with Gasteiger partial charge in [0.05, 0.1) is 33.3 Å². The number of carbonyl (C=O) groups excluding carboxylic acids is 2. The topological polar surface area (TPSA) is 80.3 Å². The number of hydrogen-bond acceptors (Lipinski definition) is 7. The van der Waals surface area contributed by atoms with Gasteiger partial charge in [0.15, 0.2) is 17.3 Å². The summed E-state index contributed by atoms with van der Waals surface area (Å²) in [5.74, 6) is 1.51. The van der Waals surface area contributed by atoms with Crippen molar-refractivity contribution in [2.45, 2.75) is 6.42 Å². The van der Waals surface area contributed by atoms with Crippen molar-refractivity contribution in [2.24, 2.45) is 0 Å². The summed E-state index contributed by atoms with van der Waals surface area (Å²) in [6.07, 6.45) is 1.71. The van der Waals surface area contributed by atoms with Crippen molar-refractivity contribution in [1.82, 2.24) is 0 Å². The molecule has 168 valence electrons. The average Bonchev–Trinajstić information content (AvgIpc) is 3.13. The van der Waals surface area contributed by atoms with E-state index in [0.29, 0.717) is 39.9 Å². The second kappa shape index (κ2) is 9.48. The molecule has 0 saturated heterocycles. The highest BCUT2D eigenvalue weighted by Gasteiger charge is 2.28. The summed E-state index contributed by atoms with van der Waals surface area (Å²) in [6, 6.07) is 17.4. The summed E-state index contributed by atoms with van der Waals surface area (Å²) in [5, 5.41) is 0. The van der Waals surface area contributed by atoms with Crippen LogP contribution in [0.2, 0.25) is 0 Å². The van der Waals surface area contributed by atoms with E-state index < -0.39 is 5.97 Å². The normalized spacial score (nSPS) is 13.3. The zero-order chi connectivity index (χ0) is 23.4. The van der Waals surface area contributed by atoms with Gasteiger partial charge < -0.3 is 23.7 Å². The maximum absolute atomic E-state index is 12.9. The van der Waals surface area contributed by atoms with Gasteiger partial charge in [0, 0.05) is 17.7 Å². The molecule has 33 heavy (non-hydrogen) atoms. The Hall–Kier alpha value is -4.26. The quantitative estimate of drug-likeness (QED) is 0.301. The summed E-state index contributed by atoms with van der Waals surface area (Å²) in [4.78, 5) is 25.1. The second-order valence-corrected chi connectivity index (χ2v) is 7.18. The van der Waals surface area contributed by atoms with E-state index in [1.165, 1.54) is 27.4 Å². The molecule has 3 aromatic carbocycles. The molecule has 0 radical (unpaired) electrons. The van der Waals surface area contributed by atoms with Crippen LogP contribution in [-0.4, -0.2) is 33.1 Å². The fraction of sp³-hybridized carbons (Fsp3) is 0.154. The maximum atomic E-state index is 12.9. The van der Waals surface area contributed by atoms with E-state index >= 15 is 0 Å². The molecule has 3 aromatic rings. The minimum absolute atomic E-state index is 0.114. The molecular weight excluding hydrogens is 424 g/mol. The van der Waals surface area contributed by atoms with Gasteiger partial charge in [0.2, 0.25) is 5.78 Å². The Morgan fingerprint density at radius 3 is 2.27 bits per heavy atom. The lowest BCUT2D eigenvalue weighted by molar-refractivity contribution is -0.133. The van der Waals surface area contributed by atoms with Crippen LogP contribution in [0.1, 0.15) is 21.5 Å². The number of esters is 1. The number of fused-ring (bicyclic) bond motifs is 1. The summed E-state index contributed by atoms with van der Waals surface area (Å²) in [6.45, 7) is 0. The van der Waals surface area contributed by atoms with Crippen LogP contribution in [0, 0.1) is 0 Å². The van der Waals surface area contributed by atoms with Gasteiger partial charge in [0.1, 0.15) is 17.2 Å². The molecule has 0 N–H and O–H groups in total. The van der Waals surface area contributed by atoms with Gasteiger partial charge in [-0.3, -0.25) is 9.59 Å². The van der Waals surface area contributed by atoms with Crippen LogP contribution in [0.25, 0.3) is 6.08 Å². The fourth-order valence-corrected chi connectivity index (χ4v) is 3.47. The summed E-state index contributed by atoms with van der Waals surface area (Å²) >= 11 is 0. The molecule has 0 amide bonds. The first kappa shape index (κ1) is 22.0. The lowest BCUT2D eigenvalue weighted by Gasteiger charge is -2.12. The Kier molecular flexibility index (Phi) is 6.31. The lowest BCUT2D eigenvalue weighted by atomic mass is 10.1. The third kappa shape index (κ3) is 4.67. The maximum Gasteiger partial charge on any atom is 0.315 e. The smallest absolute Gasteiger partial charge is 0.315 e. The molecule has 0 atom stereocenters. The molecular formula is C26H22O7. The van der Waals surface area contributed by atoms with E-state index in [-0.39, 0.29) is 18.0 Å². The first-order chi connectivity index (χ1) is 16.0. The zero-order valence-electron chi connectivity index (χ0n) is 18.4. The number of Topliss-reactive ketones (excluding diaryl/α,β-unsaturated/α-hetero) is 1. The third-order valence-electron chi connectivity index (χ3n) is 5.09. The fourth-order valence-electron chi connectivity index (χ4n) is 3.47. The molecule has 0 bridgehead atoms. The van der Waals surface area contributed by atoms with Crippen LogP contribution < -0.4 is 23.7 Å². The molecule has 7 heteroatoms. The number of rotatable bonds is 7. The number of benzene rings is 3. The largest absolute Gasteiger partial charge is 0.496 e. The Labute approximate surface area is 191 Å². The minimum atomic E-state index is -0.406. The standard InChI is InChI=1S/C26H22O7/c1-29-20-15-23(31-3)22(30-2)12-17(20)13-24-26(28)19-10-9-18(14-21(19)33-24)32-25(27)11-16-7-5-4-6-8-16/h4-10,12-15H,11H2,1-3H3/b24-13-. The van der Waals surface area contributed by atoms with Crippen molar-refractivity contribution in [1.29, 1.82) is 0 Å². The van der Waals surface area contributed by atoms with Gasteiger partial charge in [0.25, 0.3) is 0 Å². The number of methoxy groups -OCH3 is 3. The monoisotopic (exact) mass is 446 g/mol. The van der Waals surface area contributed by atoms with Gasteiger partial charge in [-0.15, -0.1) is 0 Å². The van der Waals surface area contributed by atoms with Gasteiger partial charge in [-0.25, -0.2) is 0 Å². The van der Waals surface area contributed by atoms with E-state index in [1.54, 1.807) is 30.3 Å². The molecule has 0 fully saturated rings. The van der Waals surface area contributed by atoms with Crippen molar-refractivity contribution >= 4 is 17.8 Å². The highest BCUT2D eigenvalue weighted by atomic mass is 16.5. The van der Waals surface area contributed by atoms with Crippen molar-refractivity contribution in [3.63, 3.8) is 0 Å².